The van der Waals surface area contributed by atoms with Gasteiger partial charge >= 0.3 is 5.97 Å². The number of ketones is 1. The quantitative estimate of drug-likeness (QED) is 0.475. The van der Waals surface area contributed by atoms with Crippen LogP contribution in [0.5, 0.6) is 17.2 Å². The van der Waals surface area contributed by atoms with E-state index in [0.29, 0.717) is 22.6 Å². The number of benzene rings is 2. The van der Waals surface area contributed by atoms with Crippen molar-refractivity contribution in [2.24, 2.45) is 7.05 Å². The molecule has 1 aromatic heterocycles. The van der Waals surface area contributed by atoms with Gasteiger partial charge in [-0.2, -0.15) is 0 Å². The van der Waals surface area contributed by atoms with Crippen LogP contribution in [0.2, 0.25) is 0 Å². The Kier molecular flexibility index (Phi) is 4.95. The van der Waals surface area contributed by atoms with E-state index in [1.54, 1.807) is 32.2 Å². The van der Waals surface area contributed by atoms with Gasteiger partial charge in [-0.15, -0.1) is 0 Å². The van der Waals surface area contributed by atoms with E-state index in [9.17, 15) is 9.59 Å². The fourth-order valence-corrected chi connectivity index (χ4v) is 3.55. The first-order valence-electron chi connectivity index (χ1n) is 9.33. The molecule has 30 heavy (non-hydrogen) atoms. The Labute approximate surface area is 173 Å². The lowest BCUT2D eigenvalue weighted by atomic mass is 10.0. The Morgan fingerprint density at radius 2 is 1.97 bits per heavy atom. The van der Waals surface area contributed by atoms with Crippen LogP contribution in [-0.4, -0.2) is 37.1 Å². The van der Waals surface area contributed by atoms with E-state index < -0.39 is 5.97 Å². The summed E-state index contributed by atoms with van der Waals surface area (Å²) in [6.07, 6.45) is 3.67. The molecule has 0 bridgehead atoms. The van der Waals surface area contributed by atoms with E-state index >= 15 is 0 Å². The zero-order valence-electron chi connectivity index (χ0n) is 17.1. The lowest BCUT2D eigenvalue weighted by molar-refractivity contribution is -0.142. The molecule has 0 fully saturated rings. The number of rotatable bonds is 5. The second-order valence-corrected chi connectivity index (χ2v) is 7.00. The number of methoxy groups -OCH3 is 2. The Balaban J connectivity index is 1.69. The third-order valence-electron chi connectivity index (χ3n) is 5.04. The number of Topliss-reactive ketones (excluding diaryl/α,β-unsaturated/α-hetero) is 1. The fraction of sp³-hybridized carbons (Fsp3) is 0.217. The number of esters is 1. The molecular weight excluding hydrogens is 386 g/mol. The highest BCUT2D eigenvalue weighted by molar-refractivity contribution is 6.16. The lowest BCUT2D eigenvalue weighted by Gasteiger charge is -2.08. The normalized spacial score (nSPS) is 14.0. The van der Waals surface area contributed by atoms with Crippen molar-refractivity contribution >= 4 is 28.7 Å². The van der Waals surface area contributed by atoms with Gasteiger partial charge in [-0.3, -0.25) is 4.79 Å². The van der Waals surface area contributed by atoms with Gasteiger partial charge < -0.3 is 23.5 Å². The average Bonchev–Trinajstić information content (AvgIpc) is 3.22. The summed E-state index contributed by atoms with van der Waals surface area (Å²) in [7, 11) is 4.85. The summed E-state index contributed by atoms with van der Waals surface area (Å²) < 4.78 is 23.2. The SMILES string of the molecule is COC(=O)COc1cc(C)c2c(c1)O/C(=C\c1cn(C)c3ccc(OC)cc13)C2=O. The van der Waals surface area contributed by atoms with Gasteiger partial charge in [-0.1, -0.05) is 0 Å². The maximum absolute atomic E-state index is 13.0. The minimum atomic E-state index is -0.489. The van der Waals surface area contributed by atoms with Crippen LogP contribution in [0.15, 0.2) is 42.3 Å². The number of hydrogen-bond donors (Lipinski definition) is 0. The van der Waals surface area contributed by atoms with Gasteiger partial charge in [0.2, 0.25) is 5.78 Å². The van der Waals surface area contributed by atoms with Crippen molar-refractivity contribution in [1.82, 2.24) is 4.57 Å². The number of aryl methyl sites for hydroxylation is 2. The fourth-order valence-electron chi connectivity index (χ4n) is 3.55. The minimum Gasteiger partial charge on any atom is -0.497 e. The van der Waals surface area contributed by atoms with Crippen LogP contribution < -0.4 is 14.2 Å². The van der Waals surface area contributed by atoms with Crippen molar-refractivity contribution in [2.75, 3.05) is 20.8 Å². The van der Waals surface area contributed by atoms with E-state index in [-0.39, 0.29) is 18.1 Å². The molecule has 4 rings (SSSR count). The summed E-state index contributed by atoms with van der Waals surface area (Å²) >= 11 is 0. The standard InChI is InChI=1S/C23H21NO6/c1-13-7-16(29-12-21(25)28-4)10-19-22(13)23(26)20(30-19)8-14-11-24(2)18-6-5-15(27-3)9-17(14)18/h5-11H,12H2,1-4H3/b20-8-. The number of fused-ring (bicyclic) bond motifs is 2. The zero-order valence-corrected chi connectivity index (χ0v) is 17.1. The van der Waals surface area contributed by atoms with Gasteiger partial charge in [-0.05, 0) is 42.8 Å². The molecule has 1 aliphatic heterocycles. The van der Waals surface area contributed by atoms with Crippen LogP contribution in [0.25, 0.3) is 17.0 Å². The number of nitrogens with zero attached hydrogens (tertiary/aromatic N) is 1. The van der Waals surface area contributed by atoms with Crippen molar-refractivity contribution in [3.05, 3.63) is 59.0 Å². The van der Waals surface area contributed by atoms with Gasteiger partial charge in [0.25, 0.3) is 0 Å². The van der Waals surface area contributed by atoms with E-state index in [1.165, 1.54) is 7.11 Å². The Bertz CT molecular complexity index is 1200. The molecule has 154 valence electrons. The Morgan fingerprint density at radius 3 is 2.70 bits per heavy atom. The minimum absolute atomic E-state index is 0.193. The van der Waals surface area contributed by atoms with Crippen LogP contribution in [0.4, 0.5) is 0 Å². The highest BCUT2D eigenvalue weighted by Crippen LogP contribution is 2.38. The van der Waals surface area contributed by atoms with Crippen LogP contribution in [0.1, 0.15) is 21.5 Å². The Morgan fingerprint density at radius 1 is 1.17 bits per heavy atom. The molecule has 7 nitrogen and oxygen atoms in total. The first kappa shape index (κ1) is 19.6. The third kappa shape index (κ3) is 3.39. The maximum Gasteiger partial charge on any atom is 0.343 e. The summed E-state index contributed by atoms with van der Waals surface area (Å²) in [6, 6.07) is 9.10. The molecule has 2 aromatic carbocycles. The van der Waals surface area contributed by atoms with E-state index in [1.807, 2.05) is 36.0 Å². The number of carbonyl (C=O) groups excluding carboxylic acids is 2. The Hall–Kier alpha value is -3.74. The van der Waals surface area contributed by atoms with Gasteiger partial charge in [0.05, 0.1) is 19.8 Å². The summed E-state index contributed by atoms with van der Waals surface area (Å²) in [5, 5.41) is 0.954. The van der Waals surface area contributed by atoms with Crippen molar-refractivity contribution in [3.8, 4) is 17.2 Å². The van der Waals surface area contributed by atoms with Gasteiger partial charge in [0, 0.05) is 35.8 Å². The van der Waals surface area contributed by atoms with E-state index in [0.717, 1.165) is 22.2 Å². The molecule has 0 N–H and O–H groups in total. The summed E-state index contributed by atoms with van der Waals surface area (Å²) in [4.78, 5) is 24.3. The number of carbonyl (C=O) groups is 2. The molecule has 1 aliphatic rings. The second-order valence-electron chi connectivity index (χ2n) is 7.00. The molecule has 0 atom stereocenters. The molecule has 0 saturated carbocycles. The second kappa shape index (κ2) is 7.59. The summed E-state index contributed by atoms with van der Waals surface area (Å²) in [6.45, 7) is 1.58. The van der Waals surface area contributed by atoms with Crippen LogP contribution in [0, 0.1) is 6.92 Å². The highest BCUT2D eigenvalue weighted by atomic mass is 16.6. The van der Waals surface area contributed by atoms with Gasteiger partial charge in [0.1, 0.15) is 17.2 Å². The van der Waals surface area contributed by atoms with Crippen molar-refractivity contribution in [1.29, 1.82) is 0 Å². The molecule has 0 saturated heterocycles. The topological polar surface area (TPSA) is 76.0 Å². The van der Waals surface area contributed by atoms with E-state index in [4.69, 9.17) is 14.2 Å². The zero-order chi connectivity index (χ0) is 21.4. The molecule has 7 heteroatoms. The van der Waals surface area contributed by atoms with Crippen molar-refractivity contribution < 1.29 is 28.5 Å². The largest absolute Gasteiger partial charge is 0.497 e. The first-order valence-corrected chi connectivity index (χ1v) is 9.33. The molecule has 3 aromatic rings. The van der Waals surface area contributed by atoms with Gasteiger partial charge in [0.15, 0.2) is 12.4 Å². The number of ether oxygens (including phenoxy) is 4. The van der Waals surface area contributed by atoms with Crippen LogP contribution in [0.3, 0.4) is 0 Å². The number of hydrogen-bond acceptors (Lipinski definition) is 6. The highest BCUT2D eigenvalue weighted by Gasteiger charge is 2.30. The van der Waals surface area contributed by atoms with Crippen molar-refractivity contribution in [2.45, 2.75) is 6.92 Å². The first-order chi connectivity index (χ1) is 14.4. The van der Waals surface area contributed by atoms with Crippen LogP contribution >= 0.6 is 0 Å². The molecule has 0 radical (unpaired) electrons. The lowest BCUT2D eigenvalue weighted by Crippen LogP contribution is -2.12. The molecular formula is C23H21NO6. The third-order valence-corrected chi connectivity index (χ3v) is 5.04. The molecule has 0 spiro atoms. The smallest absolute Gasteiger partial charge is 0.343 e. The average molecular weight is 407 g/mol. The molecule has 0 unspecified atom stereocenters. The van der Waals surface area contributed by atoms with Crippen LogP contribution in [-0.2, 0) is 16.6 Å². The van der Waals surface area contributed by atoms with E-state index in [2.05, 4.69) is 4.74 Å². The summed E-state index contributed by atoms with van der Waals surface area (Å²) in [5.74, 6) is 1.12. The van der Waals surface area contributed by atoms with Crippen molar-refractivity contribution in [3.63, 3.8) is 0 Å². The monoisotopic (exact) mass is 407 g/mol. The summed E-state index contributed by atoms with van der Waals surface area (Å²) in [5.41, 5.74) is 3.06. The maximum atomic E-state index is 13.0. The number of aromatic nitrogens is 1. The molecule has 0 amide bonds. The van der Waals surface area contributed by atoms with Gasteiger partial charge in [-0.25, -0.2) is 4.79 Å². The molecule has 2 heterocycles. The predicted octanol–water partition coefficient (Wildman–Crippen LogP) is 3.66. The molecule has 0 aliphatic carbocycles. The predicted molar refractivity (Wildman–Crippen MR) is 111 cm³/mol. The number of allylic oxidation sites excluding steroid dienone is 1.